The molecule has 0 aromatic rings. The minimum Gasteiger partial charge on any atom is -0.344 e. The summed E-state index contributed by atoms with van der Waals surface area (Å²) in [6.07, 6.45) is 13.6. The highest BCUT2D eigenvalue weighted by Gasteiger charge is 2.21. The minimum atomic E-state index is 0.987. The van der Waals surface area contributed by atoms with E-state index in [2.05, 4.69) is 34.3 Å². The van der Waals surface area contributed by atoms with Crippen LogP contribution in [0.15, 0.2) is 52.5 Å². The van der Waals surface area contributed by atoms with Crippen molar-refractivity contribution in [3.8, 4) is 0 Å². The highest BCUT2D eigenvalue weighted by Crippen LogP contribution is 2.31. The molecule has 13 heavy (non-hydrogen) atoms. The number of rotatable bonds is 0. The lowest BCUT2D eigenvalue weighted by atomic mass is 9.96. The summed E-state index contributed by atoms with van der Waals surface area (Å²) in [6, 6.07) is 0. The van der Waals surface area contributed by atoms with Gasteiger partial charge in [0, 0.05) is 37.3 Å². The molecule has 64 valence electrons. The van der Waals surface area contributed by atoms with Gasteiger partial charge >= 0.3 is 0 Å². The predicted molar refractivity (Wildman–Crippen MR) is 53.2 cm³/mol. The van der Waals surface area contributed by atoms with Gasteiger partial charge in [0.1, 0.15) is 0 Å². The number of allylic oxidation sites excluding steroid dienone is 4. The van der Waals surface area contributed by atoms with E-state index in [9.17, 15) is 0 Å². The van der Waals surface area contributed by atoms with E-state index in [1.807, 2.05) is 12.4 Å². The van der Waals surface area contributed by atoms with E-state index >= 15 is 0 Å². The summed E-state index contributed by atoms with van der Waals surface area (Å²) in [6.45, 7) is 0.987. The fourth-order valence-corrected chi connectivity index (χ4v) is 1.91. The van der Waals surface area contributed by atoms with Gasteiger partial charge in [0.15, 0.2) is 0 Å². The van der Waals surface area contributed by atoms with E-state index in [1.165, 1.54) is 16.8 Å². The number of hydrogen-bond acceptors (Lipinski definition) is 2. The largest absolute Gasteiger partial charge is 0.344 e. The van der Waals surface area contributed by atoms with Crippen LogP contribution >= 0.6 is 0 Å². The summed E-state index contributed by atoms with van der Waals surface area (Å²) in [5.74, 6) is 0. The molecule has 0 amide bonds. The summed E-state index contributed by atoms with van der Waals surface area (Å²) in [5, 5.41) is 0. The van der Waals surface area contributed by atoms with Crippen LogP contribution in [0.2, 0.25) is 0 Å². The fourth-order valence-electron chi connectivity index (χ4n) is 1.91. The zero-order chi connectivity index (χ0) is 8.67. The average molecular weight is 170 g/mol. The van der Waals surface area contributed by atoms with E-state index in [-0.39, 0.29) is 0 Å². The molecule has 0 spiro atoms. The lowest BCUT2D eigenvalue weighted by Gasteiger charge is -2.32. The van der Waals surface area contributed by atoms with Gasteiger partial charge in [-0.05, 0) is 17.2 Å². The normalized spacial score (nSPS) is 23.4. The zero-order valence-corrected chi connectivity index (χ0v) is 7.27. The molecule has 0 saturated carbocycles. The quantitative estimate of drug-likeness (QED) is 0.543. The van der Waals surface area contributed by atoms with Gasteiger partial charge in [0.2, 0.25) is 0 Å². The monoisotopic (exact) mass is 170 g/mol. The van der Waals surface area contributed by atoms with Crippen LogP contribution in [-0.2, 0) is 0 Å². The molecular weight excluding hydrogens is 160 g/mol. The summed E-state index contributed by atoms with van der Waals surface area (Å²) in [7, 11) is 0. The van der Waals surface area contributed by atoms with Gasteiger partial charge < -0.3 is 4.90 Å². The lowest BCUT2D eigenvalue weighted by Crippen LogP contribution is -2.25. The van der Waals surface area contributed by atoms with Gasteiger partial charge in [0.05, 0.1) is 0 Å². The second kappa shape index (κ2) is 2.46. The fraction of sp³-hybridized carbons (Fsp3) is 0.182. The van der Waals surface area contributed by atoms with E-state index < -0.39 is 0 Å². The minimum absolute atomic E-state index is 0.987. The molecule has 0 atom stereocenters. The van der Waals surface area contributed by atoms with Gasteiger partial charge in [-0.25, -0.2) is 0 Å². The maximum atomic E-state index is 4.21. The van der Waals surface area contributed by atoms with Crippen molar-refractivity contribution in [2.24, 2.45) is 4.99 Å². The van der Waals surface area contributed by atoms with Crippen LogP contribution in [0.3, 0.4) is 0 Å². The van der Waals surface area contributed by atoms with E-state index in [4.69, 9.17) is 0 Å². The first kappa shape index (κ1) is 6.89. The molecule has 0 aromatic carbocycles. The van der Waals surface area contributed by atoms with E-state index in [0.717, 1.165) is 13.0 Å². The summed E-state index contributed by atoms with van der Waals surface area (Å²) < 4.78 is 0. The van der Waals surface area contributed by atoms with Crippen molar-refractivity contribution in [3.05, 3.63) is 47.5 Å². The van der Waals surface area contributed by atoms with Crippen molar-refractivity contribution in [2.45, 2.75) is 6.42 Å². The second-order valence-corrected chi connectivity index (χ2v) is 3.45. The first-order chi connectivity index (χ1) is 6.43. The maximum absolute atomic E-state index is 4.21. The standard InChI is InChI=1S/C11H10N2/c1-2-4-13-8-9-5-10(7-12-6-9)11(13)3-1/h1-3,6-8H,4-5H2. The first-order valence-electron chi connectivity index (χ1n) is 4.50. The van der Waals surface area contributed by atoms with Crippen LogP contribution in [-0.4, -0.2) is 17.7 Å². The third-order valence-electron chi connectivity index (χ3n) is 2.52. The van der Waals surface area contributed by atoms with Crippen molar-refractivity contribution >= 4 is 6.21 Å². The topological polar surface area (TPSA) is 15.6 Å². The summed E-state index contributed by atoms with van der Waals surface area (Å²) in [5.41, 5.74) is 3.96. The Morgan fingerprint density at radius 2 is 2.38 bits per heavy atom. The number of fused-ring (bicyclic) bond motifs is 4. The van der Waals surface area contributed by atoms with Crippen molar-refractivity contribution in [1.82, 2.24) is 4.90 Å². The Balaban J connectivity index is 2.16. The molecule has 0 aromatic heterocycles. The smallest absolute Gasteiger partial charge is 0.0460 e. The molecule has 3 aliphatic rings. The average Bonchev–Trinajstić information content (AvgIpc) is 2.18. The van der Waals surface area contributed by atoms with Crippen LogP contribution in [0.1, 0.15) is 6.42 Å². The third-order valence-corrected chi connectivity index (χ3v) is 2.52. The molecule has 2 bridgehead atoms. The number of hydrogen-bond donors (Lipinski definition) is 0. The molecule has 3 rings (SSSR count). The molecule has 2 heteroatoms. The predicted octanol–water partition coefficient (Wildman–Crippen LogP) is 2.00. The lowest BCUT2D eigenvalue weighted by molar-refractivity contribution is 0.500. The van der Waals surface area contributed by atoms with Gasteiger partial charge in [0.25, 0.3) is 0 Å². The number of aliphatic imine (C=N–C) groups is 1. The Morgan fingerprint density at radius 3 is 3.38 bits per heavy atom. The van der Waals surface area contributed by atoms with Crippen LogP contribution < -0.4 is 0 Å². The molecule has 3 aliphatic heterocycles. The third kappa shape index (κ3) is 0.985. The van der Waals surface area contributed by atoms with Gasteiger partial charge in [-0.15, -0.1) is 0 Å². The van der Waals surface area contributed by atoms with Crippen molar-refractivity contribution < 1.29 is 0 Å². The SMILES string of the molecule is C1=CCN2C=C3C=NC=C(C3)C2=C1. The summed E-state index contributed by atoms with van der Waals surface area (Å²) in [4.78, 5) is 6.48. The van der Waals surface area contributed by atoms with E-state index in [0.29, 0.717) is 0 Å². The molecule has 0 aliphatic carbocycles. The Kier molecular flexibility index (Phi) is 1.30. The second-order valence-electron chi connectivity index (χ2n) is 3.45. The zero-order valence-electron chi connectivity index (χ0n) is 7.27. The van der Waals surface area contributed by atoms with Gasteiger partial charge in [-0.3, -0.25) is 4.99 Å². The molecule has 0 unspecified atom stereocenters. The molecule has 0 radical (unpaired) electrons. The highest BCUT2D eigenvalue weighted by atomic mass is 15.1. The Labute approximate surface area is 77.3 Å². The van der Waals surface area contributed by atoms with Crippen LogP contribution in [0.4, 0.5) is 0 Å². The first-order valence-corrected chi connectivity index (χ1v) is 4.50. The van der Waals surface area contributed by atoms with Gasteiger partial charge in [-0.2, -0.15) is 0 Å². The Hall–Kier alpha value is -1.57. The molecular formula is C11H10N2. The number of nitrogens with zero attached hydrogens (tertiary/aromatic N) is 2. The van der Waals surface area contributed by atoms with Gasteiger partial charge in [-0.1, -0.05) is 12.2 Å². The van der Waals surface area contributed by atoms with Crippen molar-refractivity contribution in [1.29, 1.82) is 0 Å². The highest BCUT2D eigenvalue weighted by molar-refractivity contribution is 5.82. The molecule has 0 N–H and O–H groups in total. The molecule has 0 fully saturated rings. The maximum Gasteiger partial charge on any atom is 0.0460 e. The molecule has 2 nitrogen and oxygen atoms in total. The van der Waals surface area contributed by atoms with Crippen LogP contribution in [0.5, 0.6) is 0 Å². The molecule has 3 heterocycles. The van der Waals surface area contributed by atoms with E-state index in [1.54, 1.807) is 0 Å². The Morgan fingerprint density at radius 1 is 1.38 bits per heavy atom. The van der Waals surface area contributed by atoms with Crippen molar-refractivity contribution in [3.63, 3.8) is 0 Å². The summed E-state index contributed by atoms with van der Waals surface area (Å²) >= 11 is 0. The molecule has 0 saturated heterocycles. The Bertz CT molecular complexity index is 394. The van der Waals surface area contributed by atoms with Crippen LogP contribution in [0.25, 0.3) is 0 Å². The van der Waals surface area contributed by atoms with Crippen LogP contribution in [0, 0.1) is 0 Å². The van der Waals surface area contributed by atoms with Crippen molar-refractivity contribution in [2.75, 3.05) is 6.54 Å².